The number of aryl methyl sites for hydroxylation is 1. The minimum absolute atomic E-state index is 0.0189. The van der Waals surface area contributed by atoms with Crippen LogP contribution in [0.15, 0.2) is 60.8 Å². The fourth-order valence-electron chi connectivity index (χ4n) is 4.48. The first kappa shape index (κ1) is 21.3. The first-order chi connectivity index (χ1) is 15.2. The third-order valence-corrected chi connectivity index (χ3v) is 6.27. The molecule has 0 radical (unpaired) electrons. The number of piperidine rings is 1. The summed E-state index contributed by atoms with van der Waals surface area (Å²) in [5.74, 6) is 0.0189. The highest BCUT2D eigenvalue weighted by molar-refractivity contribution is 5.95. The van der Waals surface area contributed by atoms with Crippen molar-refractivity contribution >= 4 is 5.91 Å². The van der Waals surface area contributed by atoms with Gasteiger partial charge in [0.2, 0.25) is 0 Å². The molecule has 0 bridgehead atoms. The van der Waals surface area contributed by atoms with E-state index >= 15 is 0 Å². The summed E-state index contributed by atoms with van der Waals surface area (Å²) in [7, 11) is 1.86. The van der Waals surface area contributed by atoms with E-state index in [4.69, 9.17) is 0 Å². The van der Waals surface area contributed by atoms with Crippen molar-refractivity contribution in [1.29, 1.82) is 0 Å². The molecule has 162 valence electrons. The van der Waals surface area contributed by atoms with E-state index in [0.717, 1.165) is 37.2 Å². The molecule has 1 aliphatic rings. The largest absolute Gasteiger partial charge is 0.337 e. The number of nitrogens with one attached hydrogen (secondary N) is 1. The summed E-state index contributed by atoms with van der Waals surface area (Å²) in [6.45, 7) is 4.69. The van der Waals surface area contributed by atoms with Crippen molar-refractivity contribution in [3.8, 4) is 0 Å². The van der Waals surface area contributed by atoms with Gasteiger partial charge in [0.25, 0.3) is 5.91 Å². The van der Waals surface area contributed by atoms with Gasteiger partial charge in [0.05, 0.1) is 23.5 Å². The van der Waals surface area contributed by atoms with Gasteiger partial charge < -0.3 is 4.90 Å². The predicted octanol–water partition coefficient (Wildman–Crippen LogP) is 4.97. The maximum absolute atomic E-state index is 13.3. The first-order valence-electron chi connectivity index (χ1n) is 11.3. The van der Waals surface area contributed by atoms with E-state index in [0.29, 0.717) is 12.1 Å². The fraction of sp³-hybridized carbons (Fsp3) is 0.385. The second-order valence-electron chi connectivity index (χ2n) is 8.50. The zero-order valence-electron chi connectivity index (χ0n) is 18.6. The molecule has 1 N–H and O–H groups in total. The molecule has 4 rings (SSSR count). The Balaban J connectivity index is 1.51. The highest BCUT2D eigenvalue weighted by Crippen LogP contribution is 2.33. The van der Waals surface area contributed by atoms with Crippen LogP contribution in [0.1, 0.15) is 65.0 Å². The van der Waals surface area contributed by atoms with E-state index in [1.165, 1.54) is 24.0 Å². The van der Waals surface area contributed by atoms with Gasteiger partial charge in [0.1, 0.15) is 0 Å². The Morgan fingerprint density at radius 3 is 2.55 bits per heavy atom. The van der Waals surface area contributed by atoms with Gasteiger partial charge in [-0.3, -0.25) is 14.8 Å². The van der Waals surface area contributed by atoms with Gasteiger partial charge in [-0.2, -0.15) is 5.10 Å². The van der Waals surface area contributed by atoms with Crippen LogP contribution in [-0.2, 0) is 19.5 Å². The fourth-order valence-corrected chi connectivity index (χ4v) is 4.48. The summed E-state index contributed by atoms with van der Waals surface area (Å²) in [5.41, 5.74) is 5.45. The molecule has 3 aromatic rings. The minimum atomic E-state index is 0.0189. The molecule has 2 aromatic carbocycles. The Hall–Kier alpha value is -2.92. The van der Waals surface area contributed by atoms with Crippen LogP contribution in [0.5, 0.6) is 0 Å². The van der Waals surface area contributed by atoms with Crippen LogP contribution in [0.2, 0.25) is 0 Å². The quantitative estimate of drug-likeness (QED) is 0.591. The number of hydrogen-bond acceptors (Lipinski definition) is 3. The maximum atomic E-state index is 13.3. The van der Waals surface area contributed by atoms with Crippen LogP contribution < -0.4 is 0 Å². The van der Waals surface area contributed by atoms with Crippen molar-refractivity contribution < 1.29 is 4.79 Å². The average Bonchev–Trinajstić information content (AvgIpc) is 3.30. The SMILES string of the molecule is CCc1ccc(CN2CCCC[C@H]2c2[nH]ncc2C(=O)N(C)Cc2ccccc2)cc1. The van der Waals surface area contributed by atoms with Crippen molar-refractivity contribution in [2.75, 3.05) is 13.6 Å². The van der Waals surface area contributed by atoms with Crippen LogP contribution in [0.25, 0.3) is 0 Å². The van der Waals surface area contributed by atoms with Crippen molar-refractivity contribution in [2.45, 2.75) is 51.7 Å². The van der Waals surface area contributed by atoms with Crippen LogP contribution in [0, 0.1) is 0 Å². The lowest BCUT2D eigenvalue weighted by molar-refractivity contribution is 0.0776. The van der Waals surface area contributed by atoms with E-state index in [1.807, 2.05) is 37.4 Å². The molecule has 5 nitrogen and oxygen atoms in total. The normalized spacial score (nSPS) is 16.9. The Bertz CT molecular complexity index is 980. The highest BCUT2D eigenvalue weighted by Gasteiger charge is 2.30. The lowest BCUT2D eigenvalue weighted by atomic mass is 9.95. The molecule has 0 aliphatic carbocycles. The van der Waals surface area contributed by atoms with Crippen LogP contribution in [-0.4, -0.2) is 39.5 Å². The van der Waals surface area contributed by atoms with Gasteiger partial charge in [-0.15, -0.1) is 0 Å². The van der Waals surface area contributed by atoms with Gasteiger partial charge in [0.15, 0.2) is 0 Å². The Kier molecular flexibility index (Phi) is 6.82. The number of amides is 1. The zero-order valence-corrected chi connectivity index (χ0v) is 18.6. The Morgan fingerprint density at radius 1 is 1.06 bits per heavy atom. The van der Waals surface area contributed by atoms with Crippen molar-refractivity contribution in [3.05, 3.63) is 88.7 Å². The van der Waals surface area contributed by atoms with Gasteiger partial charge in [-0.05, 0) is 42.5 Å². The summed E-state index contributed by atoms with van der Waals surface area (Å²) in [5, 5.41) is 7.44. The molecule has 1 atom stereocenters. The van der Waals surface area contributed by atoms with Crippen LogP contribution in [0.3, 0.4) is 0 Å². The third-order valence-electron chi connectivity index (χ3n) is 6.27. The summed E-state index contributed by atoms with van der Waals surface area (Å²) < 4.78 is 0. The molecule has 1 aliphatic heterocycles. The zero-order chi connectivity index (χ0) is 21.6. The molecular weight excluding hydrogens is 384 g/mol. The summed E-state index contributed by atoms with van der Waals surface area (Å²) in [4.78, 5) is 17.5. The van der Waals surface area contributed by atoms with Crippen molar-refractivity contribution in [3.63, 3.8) is 0 Å². The number of likely N-dealkylation sites (tertiary alicyclic amines) is 1. The summed E-state index contributed by atoms with van der Waals surface area (Å²) in [6, 6.07) is 19.2. The summed E-state index contributed by atoms with van der Waals surface area (Å²) in [6.07, 6.45) is 6.15. The van der Waals surface area contributed by atoms with E-state index in [2.05, 4.69) is 46.3 Å². The van der Waals surface area contributed by atoms with E-state index < -0.39 is 0 Å². The summed E-state index contributed by atoms with van der Waals surface area (Å²) >= 11 is 0. The van der Waals surface area contributed by atoms with Crippen LogP contribution in [0.4, 0.5) is 0 Å². The predicted molar refractivity (Wildman–Crippen MR) is 124 cm³/mol. The number of aromatic nitrogens is 2. The second kappa shape index (κ2) is 9.92. The monoisotopic (exact) mass is 416 g/mol. The number of carbonyl (C=O) groups is 1. The number of benzene rings is 2. The smallest absolute Gasteiger partial charge is 0.257 e. The Morgan fingerprint density at radius 2 is 1.81 bits per heavy atom. The second-order valence-corrected chi connectivity index (χ2v) is 8.50. The third kappa shape index (κ3) is 5.05. The van der Waals surface area contributed by atoms with Gasteiger partial charge in [-0.25, -0.2) is 0 Å². The standard InChI is InChI=1S/C26H32N4O/c1-3-20-12-14-22(15-13-20)19-30-16-8-7-11-24(30)25-23(17-27-28-25)26(31)29(2)18-21-9-5-4-6-10-21/h4-6,9-10,12-15,17,24H,3,7-8,11,16,18-19H2,1-2H3,(H,27,28)/t24-/m0/s1. The molecule has 0 saturated carbocycles. The number of aromatic amines is 1. The van der Waals surface area contributed by atoms with Gasteiger partial charge in [-0.1, -0.05) is 67.9 Å². The topological polar surface area (TPSA) is 52.2 Å². The molecule has 0 spiro atoms. The van der Waals surface area contributed by atoms with Crippen molar-refractivity contribution in [2.24, 2.45) is 0 Å². The average molecular weight is 417 g/mol. The van der Waals surface area contributed by atoms with E-state index in [-0.39, 0.29) is 11.9 Å². The molecular formula is C26H32N4O. The lowest BCUT2D eigenvalue weighted by Gasteiger charge is -2.35. The van der Waals surface area contributed by atoms with Crippen LogP contribution >= 0.6 is 0 Å². The minimum Gasteiger partial charge on any atom is -0.337 e. The van der Waals surface area contributed by atoms with E-state index in [9.17, 15) is 4.79 Å². The maximum Gasteiger partial charge on any atom is 0.257 e. The molecule has 31 heavy (non-hydrogen) atoms. The molecule has 5 heteroatoms. The highest BCUT2D eigenvalue weighted by atomic mass is 16.2. The molecule has 1 fully saturated rings. The Labute approximate surface area is 185 Å². The number of H-pyrrole nitrogens is 1. The first-order valence-corrected chi connectivity index (χ1v) is 11.3. The molecule has 1 aromatic heterocycles. The number of rotatable bonds is 7. The van der Waals surface area contributed by atoms with Crippen molar-refractivity contribution in [1.82, 2.24) is 20.0 Å². The van der Waals surface area contributed by atoms with E-state index in [1.54, 1.807) is 11.1 Å². The number of nitrogens with zero attached hydrogens (tertiary/aromatic N) is 3. The molecule has 1 saturated heterocycles. The van der Waals surface area contributed by atoms with Gasteiger partial charge in [0, 0.05) is 20.1 Å². The number of carbonyl (C=O) groups excluding carboxylic acids is 1. The molecule has 2 heterocycles. The van der Waals surface area contributed by atoms with Gasteiger partial charge >= 0.3 is 0 Å². The molecule has 1 amide bonds. The molecule has 0 unspecified atom stereocenters. The lowest BCUT2D eigenvalue weighted by Crippen LogP contribution is -2.35. The number of hydrogen-bond donors (Lipinski definition) is 1.